The van der Waals surface area contributed by atoms with Crippen molar-refractivity contribution in [2.45, 2.75) is 26.4 Å². The smallest absolute Gasteiger partial charge is 0.315 e. The molecule has 3 amide bonds. The van der Waals surface area contributed by atoms with Gasteiger partial charge in [0.1, 0.15) is 11.8 Å². The Morgan fingerprint density at radius 3 is 2.84 bits per heavy atom. The Balaban J connectivity index is 1.56. The van der Waals surface area contributed by atoms with Crippen LogP contribution in [-0.2, 0) is 11.3 Å². The first-order valence-electron chi connectivity index (χ1n) is 8.03. The monoisotopic (exact) mass is 340 g/mol. The van der Waals surface area contributed by atoms with Crippen molar-refractivity contribution in [3.63, 3.8) is 0 Å². The average Bonchev–Trinajstić information content (AvgIpc) is 3.04. The van der Waals surface area contributed by atoms with Crippen LogP contribution in [0.5, 0.6) is 11.6 Å². The van der Waals surface area contributed by atoms with E-state index < -0.39 is 6.04 Å². The number of nitrogens with zero attached hydrogens (tertiary/aromatic N) is 1. The van der Waals surface area contributed by atoms with Crippen LogP contribution in [0, 0.1) is 13.8 Å². The van der Waals surface area contributed by atoms with Crippen molar-refractivity contribution in [1.29, 1.82) is 0 Å². The molecular formula is C18H20N4O3. The maximum Gasteiger partial charge on any atom is 0.315 e. The summed E-state index contributed by atoms with van der Waals surface area (Å²) in [5.74, 6) is 1.04. The van der Waals surface area contributed by atoms with E-state index in [1.165, 1.54) is 0 Å². The lowest BCUT2D eigenvalue weighted by Gasteiger charge is -2.11. The van der Waals surface area contributed by atoms with E-state index in [4.69, 9.17) is 4.74 Å². The third-order valence-corrected chi connectivity index (χ3v) is 3.91. The van der Waals surface area contributed by atoms with Crippen LogP contribution in [0.15, 0.2) is 36.5 Å². The fraction of sp³-hybridized carbons (Fsp3) is 0.278. The number of pyridine rings is 1. The lowest BCUT2D eigenvalue weighted by Crippen LogP contribution is -2.42. The molecule has 0 aliphatic carbocycles. The number of amides is 3. The summed E-state index contributed by atoms with van der Waals surface area (Å²) in [6.45, 7) is 4.62. The van der Waals surface area contributed by atoms with Gasteiger partial charge < -0.3 is 20.7 Å². The van der Waals surface area contributed by atoms with Gasteiger partial charge in [0.05, 0.1) is 0 Å². The van der Waals surface area contributed by atoms with E-state index in [1.807, 2.05) is 38.1 Å². The van der Waals surface area contributed by atoms with Gasteiger partial charge in [-0.2, -0.15) is 0 Å². The highest BCUT2D eigenvalue weighted by Crippen LogP contribution is 2.24. The van der Waals surface area contributed by atoms with Gasteiger partial charge in [-0.05, 0) is 36.6 Å². The number of urea groups is 1. The van der Waals surface area contributed by atoms with Crippen LogP contribution >= 0.6 is 0 Å². The summed E-state index contributed by atoms with van der Waals surface area (Å²) in [5, 5.41) is 7.86. The second-order valence-corrected chi connectivity index (χ2v) is 6.00. The molecule has 3 N–H and O–H groups in total. The Morgan fingerprint density at radius 2 is 2.16 bits per heavy atom. The zero-order valence-electron chi connectivity index (χ0n) is 14.1. The van der Waals surface area contributed by atoms with Gasteiger partial charge in [0.15, 0.2) is 0 Å². The van der Waals surface area contributed by atoms with Crippen LogP contribution in [0.3, 0.4) is 0 Å². The maximum atomic E-state index is 11.9. The normalized spacial score (nSPS) is 16.1. The summed E-state index contributed by atoms with van der Waals surface area (Å²) in [4.78, 5) is 27.2. The van der Waals surface area contributed by atoms with E-state index in [1.54, 1.807) is 12.3 Å². The molecule has 2 heterocycles. The van der Waals surface area contributed by atoms with Crippen LogP contribution < -0.4 is 20.7 Å². The zero-order chi connectivity index (χ0) is 17.8. The minimum absolute atomic E-state index is 0.228. The number of ether oxygens (including phenoxy) is 1. The zero-order valence-corrected chi connectivity index (χ0v) is 14.1. The second kappa shape index (κ2) is 7.21. The van der Waals surface area contributed by atoms with Crippen molar-refractivity contribution in [1.82, 2.24) is 20.9 Å². The number of hydrogen-bond acceptors (Lipinski definition) is 4. The molecule has 130 valence electrons. The first-order chi connectivity index (χ1) is 12.0. The minimum atomic E-state index is -0.535. The second-order valence-electron chi connectivity index (χ2n) is 6.00. The molecule has 1 fully saturated rings. The predicted molar refractivity (Wildman–Crippen MR) is 92.4 cm³/mol. The van der Waals surface area contributed by atoms with E-state index in [2.05, 4.69) is 20.9 Å². The molecule has 0 bridgehead atoms. The molecule has 3 rings (SSSR count). The molecule has 1 saturated heterocycles. The molecule has 7 heteroatoms. The van der Waals surface area contributed by atoms with E-state index in [9.17, 15) is 9.59 Å². The van der Waals surface area contributed by atoms with E-state index in [0.29, 0.717) is 19.0 Å². The Labute approximate surface area is 145 Å². The van der Waals surface area contributed by atoms with Crippen LogP contribution in [-0.4, -0.2) is 29.5 Å². The summed E-state index contributed by atoms with van der Waals surface area (Å²) in [7, 11) is 0. The summed E-state index contributed by atoms with van der Waals surface area (Å²) < 4.78 is 5.81. The number of aromatic nitrogens is 1. The highest BCUT2D eigenvalue weighted by molar-refractivity contribution is 5.90. The summed E-state index contributed by atoms with van der Waals surface area (Å²) in [6, 6.07) is 8.76. The standard InChI is InChI=1S/C18H20N4O3/c1-11-3-4-12(2)15(7-11)25-16-6-5-13(8-19-16)9-20-17(23)14-10-21-18(24)22-14/h3-8,14H,9-10H2,1-2H3,(H,20,23)(H2,21,22,24)/t14-/m0/s1. The molecule has 0 radical (unpaired) electrons. The molecule has 2 aromatic rings. The van der Waals surface area contributed by atoms with Crippen LogP contribution in [0.4, 0.5) is 4.79 Å². The van der Waals surface area contributed by atoms with Gasteiger partial charge in [-0.1, -0.05) is 18.2 Å². The van der Waals surface area contributed by atoms with E-state index in [-0.39, 0.29) is 11.9 Å². The fourth-order valence-electron chi connectivity index (χ4n) is 2.43. The van der Waals surface area contributed by atoms with Crippen molar-refractivity contribution in [3.05, 3.63) is 53.2 Å². The topological polar surface area (TPSA) is 92.4 Å². The van der Waals surface area contributed by atoms with Crippen molar-refractivity contribution in [2.24, 2.45) is 0 Å². The average molecular weight is 340 g/mol. The predicted octanol–water partition coefficient (Wildman–Crippen LogP) is 1.79. The maximum absolute atomic E-state index is 11.9. The van der Waals surface area contributed by atoms with Gasteiger partial charge in [0, 0.05) is 25.4 Å². The van der Waals surface area contributed by atoms with Crippen molar-refractivity contribution < 1.29 is 14.3 Å². The third-order valence-electron chi connectivity index (χ3n) is 3.91. The summed E-state index contributed by atoms with van der Waals surface area (Å²) in [6.07, 6.45) is 1.66. The van der Waals surface area contributed by atoms with Gasteiger partial charge in [-0.25, -0.2) is 9.78 Å². The van der Waals surface area contributed by atoms with Gasteiger partial charge in [-0.3, -0.25) is 4.79 Å². The number of aryl methyl sites for hydroxylation is 2. The quantitative estimate of drug-likeness (QED) is 0.774. The number of nitrogens with one attached hydrogen (secondary N) is 3. The lowest BCUT2D eigenvalue weighted by atomic mass is 10.1. The Hall–Kier alpha value is -3.09. The van der Waals surface area contributed by atoms with Crippen molar-refractivity contribution in [2.75, 3.05) is 6.54 Å². The van der Waals surface area contributed by atoms with E-state index >= 15 is 0 Å². The molecule has 1 atom stereocenters. The first kappa shape index (κ1) is 16.8. The van der Waals surface area contributed by atoms with Crippen molar-refractivity contribution >= 4 is 11.9 Å². The van der Waals surface area contributed by atoms with Gasteiger partial charge in [-0.15, -0.1) is 0 Å². The summed E-state index contributed by atoms with van der Waals surface area (Å²) >= 11 is 0. The molecule has 0 spiro atoms. The molecule has 0 unspecified atom stereocenters. The van der Waals surface area contributed by atoms with Crippen molar-refractivity contribution in [3.8, 4) is 11.6 Å². The van der Waals surface area contributed by atoms with Crippen LogP contribution in [0.1, 0.15) is 16.7 Å². The Kier molecular flexibility index (Phi) is 4.83. The van der Waals surface area contributed by atoms with E-state index in [0.717, 1.165) is 22.4 Å². The largest absolute Gasteiger partial charge is 0.439 e. The number of hydrogen-bond donors (Lipinski definition) is 3. The molecule has 0 saturated carbocycles. The van der Waals surface area contributed by atoms with Gasteiger partial charge in [0.25, 0.3) is 0 Å². The minimum Gasteiger partial charge on any atom is -0.439 e. The number of carbonyl (C=O) groups is 2. The molecule has 1 aliphatic heterocycles. The SMILES string of the molecule is Cc1ccc(C)c(Oc2ccc(CNC(=O)[C@@H]3CNC(=O)N3)cn2)c1. The molecular weight excluding hydrogens is 320 g/mol. The molecule has 7 nitrogen and oxygen atoms in total. The van der Waals surface area contributed by atoms with Crippen LogP contribution in [0.25, 0.3) is 0 Å². The molecule has 25 heavy (non-hydrogen) atoms. The summed E-state index contributed by atoms with van der Waals surface area (Å²) in [5.41, 5.74) is 3.00. The highest BCUT2D eigenvalue weighted by Gasteiger charge is 2.26. The number of carbonyl (C=O) groups excluding carboxylic acids is 2. The Morgan fingerprint density at radius 1 is 1.32 bits per heavy atom. The first-order valence-corrected chi connectivity index (χ1v) is 8.03. The fourth-order valence-corrected chi connectivity index (χ4v) is 2.43. The Bertz CT molecular complexity index is 789. The molecule has 1 aliphatic rings. The molecule has 1 aromatic heterocycles. The van der Waals surface area contributed by atoms with Crippen LogP contribution in [0.2, 0.25) is 0 Å². The third kappa shape index (κ3) is 4.26. The molecule has 1 aromatic carbocycles. The number of rotatable bonds is 5. The lowest BCUT2D eigenvalue weighted by molar-refractivity contribution is -0.122. The van der Waals surface area contributed by atoms with Gasteiger partial charge >= 0.3 is 6.03 Å². The number of benzene rings is 1. The highest BCUT2D eigenvalue weighted by atomic mass is 16.5. The van der Waals surface area contributed by atoms with Gasteiger partial charge in [0.2, 0.25) is 11.8 Å².